The third-order valence-electron chi connectivity index (χ3n) is 4.68. The van der Waals surface area contributed by atoms with Gasteiger partial charge in [0.15, 0.2) is 6.10 Å². The Hall–Kier alpha value is -3.80. The molecule has 0 bridgehead atoms. The van der Waals surface area contributed by atoms with E-state index in [0.717, 1.165) is 12.0 Å². The fraction of sp³-hybridized carbons (Fsp3) is 0.200. The smallest absolute Gasteiger partial charge is 0.279 e. The third kappa shape index (κ3) is 6.60. The molecule has 3 rings (SSSR count). The van der Waals surface area contributed by atoms with Crippen molar-refractivity contribution in [3.8, 4) is 11.5 Å². The van der Waals surface area contributed by atoms with Gasteiger partial charge in [-0.05, 0) is 60.9 Å². The Bertz CT molecular complexity index is 986. The van der Waals surface area contributed by atoms with Gasteiger partial charge >= 0.3 is 0 Å². The first-order chi connectivity index (χ1) is 15.0. The summed E-state index contributed by atoms with van der Waals surface area (Å²) in [5.74, 6) is 0.371. The Balaban J connectivity index is 1.45. The second-order valence-electron chi connectivity index (χ2n) is 7.00. The van der Waals surface area contributed by atoms with E-state index >= 15 is 0 Å². The van der Waals surface area contributed by atoms with Crippen LogP contribution in [0.4, 0.5) is 0 Å². The van der Waals surface area contributed by atoms with Crippen LogP contribution in [0.3, 0.4) is 0 Å². The maximum absolute atomic E-state index is 12.3. The van der Waals surface area contributed by atoms with Crippen LogP contribution in [0.25, 0.3) is 0 Å². The van der Waals surface area contributed by atoms with E-state index in [-0.39, 0.29) is 0 Å². The van der Waals surface area contributed by atoms with Gasteiger partial charge in [0.25, 0.3) is 11.8 Å². The van der Waals surface area contributed by atoms with Crippen LogP contribution < -0.4 is 20.3 Å². The van der Waals surface area contributed by atoms with E-state index in [1.165, 1.54) is 5.56 Å². The van der Waals surface area contributed by atoms with Crippen LogP contribution in [0.5, 0.6) is 11.5 Å². The molecule has 3 aromatic carbocycles. The van der Waals surface area contributed by atoms with Gasteiger partial charge in [-0.3, -0.25) is 20.4 Å². The fourth-order valence-electron chi connectivity index (χ4n) is 2.80. The zero-order valence-electron chi connectivity index (χ0n) is 17.6. The van der Waals surface area contributed by atoms with Crippen LogP contribution in [0.15, 0.2) is 78.9 Å². The molecule has 0 fully saturated rings. The topological polar surface area (TPSA) is 76.7 Å². The normalized spacial score (nSPS) is 11.3. The summed E-state index contributed by atoms with van der Waals surface area (Å²) in [5, 5.41) is 0. The summed E-state index contributed by atoms with van der Waals surface area (Å²) < 4.78 is 11.3. The second kappa shape index (κ2) is 10.8. The van der Waals surface area contributed by atoms with E-state index in [9.17, 15) is 9.59 Å². The zero-order valence-corrected chi connectivity index (χ0v) is 17.6. The number of nitrogens with one attached hydrogen (secondary N) is 2. The number of carbonyl (C=O) groups excluding carboxylic acids is 2. The maximum Gasteiger partial charge on any atom is 0.279 e. The molecule has 0 aliphatic rings. The molecule has 31 heavy (non-hydrogen) atoms. The molecule has 0 aliphatic carbocycles. The monoisotopic (exact) mass is 418 g/mol. The standard InChI is InChI=1S/C25H26N2O4/c1-3-19-9-13-23(14-10-19)31-18(2)24(28)26-27-25(29)21-11-15-22(16-12-21)30-17-20-7-5-4-6-8-20/h4-16,18H,3,17H2,1-2H3,(H,26,28)(H,27,29)/t18-/m0/s1. The van der Waals surface area contributed by atoms with Crippen molar-refractivity contribution in [1.82, 2.24) is 10.9 Å². The number of aryl methyl sites for hydroxylation is 1. The van der Waals surface area contributed by atoms with Crippen molar-refractivity contribution in [2.75, 3.05) is 0 Å². The molecule has 6 nitrogen and oxygen atoms in total. The first-order valence-electron chi connectivity index (χ1n) is 10.2. The molecule has 2 N–H and O–H groups in total. The molecule has 0 aromatic heterocycles. The molecule has 3 aromatic rings. The van der Waals surface area contributed by atoms with Crippen molar-refractivity contribution < 1.29 is 19.1 Å². The minimum atomic E-state index is -0.762. The molecular formula is C25H26N2O4. The highest BCUT2D eigenvalue weighted by atomic mass is 16.5. The molecule has 0 heterocycles. The van der Waals surface area contributed by atoms with Gasteiger partial charge < -0.3 is 9.47 Å². The lowest BCUT2D eigenvalue weighted by Crippen LogP contribution is -2.47. The van der Waals surface area contributed by atoms with Crippen LogP contribution >= 0.6 is 0 Å². The molecule has 0 unspecified atom stereocenters. The van der Waals surface area contributed by atoms with Crippen molar-refractivity contribution in [1.29, 1.82) is 0 Å². The quantitative estimate of drug-likeness (QED) is 0.541. The van der Waals surface area contributed by atoms with Crippen LogP contribution in [-0.4, -0.2) is 17.9 Å². The minimum absolute atomic E-state index is 0.399. The summed E-state index contributed by atoms with van der Waals surface area (Å²) >= 11 is 0. The summed E-state index contributed by atoms with van der Waals surface area (Å²) in [6, 6.07) is 24.1. The van der Waals surface area contributed by atoms with Crippen LogP contribution in [-0.2, 0) is 17.8 Å². The first kappa shape index (κ1) is 21.9. The highest BCUT2D eigenvalue weighted by Crippen LogP contribution is 2.15. The summed E-state index contributed by atoms with van der Waals surface area (Å²) in [6.45, 7) is 4.13. The Labute approximate surface area is 182 Å². The molecule has 1 atom stereocenters. The van der Waals surface area contributed by atoms with Gasteiger partial charge in [0, 0.05) is 5.56 Å². The Morgan fingerprint density at radius 3 is 2.10 bits per heavy atom. The van der Waals surface area contributed by atoms with Crippen molar-refractivity contribution in [3.63, 3.8) is 0 Å². The number of rotatable bonds is 8. The molecule has 6 heteroatoms. The van der Waals surface area contributed by atoms with Crippen molar-refractivity contribution in [3.05, 3.63) is 95.6 Å². The number of hydrogen-bond acceptors (Lipinski definition) is 4. The number of hydrogen-bond donors (Lipinski definition) is 2. The van der Waals surface area contributed by atoms with Gasteiger partial charge in [-0.25, -0.2) is 0 Å². The van der Waals surface area contributed by atoms with Gasteiger partial charge in [0.1, 0.15) is 18.1 Å². The summed E-state index contributed by atoms with van der Waals surface area (Å²) in [7, 11) is 0. The number of amides is 2. The molecule has 0 saturated heterocycles. The zero-order chi connectivity index (χ0) is 22.1. The fourth-order valence-corrected chi connectivity index (χ4v) is 2.80. The Morgan fingerprint density at radius 2 is 1.45 bits per heavy atom. The van der Waals surface area contributed by atoms with Gasteiger partial charge in [0.05, 0.1) is 0 Å². The van der Waals surface area contributed by atoms with Gasteiger partial charge in [0.2, 0.25) is 0 Å². The van der Waals surface area contributed by atoms with Crippen LogP contribution in [0, 0.1) is 0 Å². The molecule has 0 aliphatic heterocycles. The average Bonchev–Trinajstić information content (AvgIpc) is 2.82. The summed E-state index contributed by atoms with van der Waals surface area (Å²) in [4.78, 5) is 24.5. The number of carbonyl (C=O) groups is 2. The van der Waals surface area contributed by atoms with Gasteiger partial charge in [-0.1, -0.05) is 49.4 Å². The first-order valence-corrected chi connectivity index (χ1v) is 10.2. The molecular weight excluding hydrogens is 392 g/mol. The molecule has 2 amide bonds. The predicted octanol–water partition coefficient (Wildman–Crippen LogP) is 4.06. The molecule has 160 valence electrons. The third-order valence-corrected chi connectivity index (χ3v) is 4.68. The van der Waals surface area contributed by atoms with Gasteiger partial charge in [-0.2, -0.15) is 0 Å². The molecule has 0 radical (unpaired) electrons. The molecule has 0 saturated carbocycles. The number of hydrazine groups is 1. The number of ether oxygens (including phenoxy) is 2. The maximum atomic E-state index is 12.3. The second-order valence-corrected chi connectivity index (χ2v) is 7.00. The van der Waals surface area contributed by atoms with Crippen molar-refractivity contribution >= 4 is 11.8 Å². The number of benzene rings is 3. The lowest BCUT2D eigenvalue weighted by Gasteiger charge is -2.15. The molecule has 0 spiro atoms. The van der Waals surface area contributed by atoms with Crippen LogP contribution in [0.2, 0.25) is 0 Å². The SMILES string of the molecule is CCc1ccc(O[C@@H](C)C(=O)NNC(=O)c2ccc(OCc3ccccc3)cc2)cc1. The lowest BCUT2D eigenvalue weighted by atomic mass is 10.2. The predicted molar refractivity (Wildman–Crippen MR) is 119 cm³/mol. The van der Waals surface area contributed by atoms with E-state index in [2.05, 4.69) is 17.8 Å². The van der Waals surface area contributed by atoms with E-state index < -0.39 is 17.9 Å². The van der Waals surface area contributed by atoms with Crippen molar-refractivity contribution in [2.45, 2.75) is 33.0 Å². The average molecular weight is 418 g/mol. The summed E-state index contributed by atoms with van der Waals surface area (Å²) in [6.07, 6.45) is 0.171. The minimum Gasteiger partial charge on any atom is -0.489 e. The highest BCUT2D eigenvalue weighted by molar-refractivity contribution is 5.95. The van der Waals surface area contributed by atoms with Crippen LogP contribution in [0.1, 0.15) is 35.3 Å². The van der Waals surface area contributed by atoms with E-state index in [4.69, 9.17) is 9.47 Å². The highest BCUT2D eigenvalue weighted by Gasteiger charge is 2.16. The largest absolute Gasteiger partial charge is 0.489 e. The van der Waals surface area contributed by atoms with Gasteiger partial charge in [-0.15, -0.1) is 0 Å². The summed E-state index contributed by atoms with van der Waals surface area (Å²) in [5.41, 5.74) is 7.44. The van der Waals surface area contributed by atoms with Crippen molar-refractivity contribution in [2.24, 2.45) is 0 Å². The Morgan fingerprint density at radius 1 is 0.806 bits per heavy atom. The Kier molecular flexibility index (Phi) is 7.65. The van der Waals surface area contributed by atoms with E-state index in [1.54, 1.807) is 31.2 Å². The van der Waals surface area contributed by atoms with E-state index in [1.807, 2.05) is 54.6 Å². The van der Waals surface area contributed by atoms with E-state index in [0.29, 0.717) is 23.7 Å². The lowest BCUT2D eigenvalue weighted by molar-refractivity contribution is -0.128.